The van der Waals surface area contributed by atoms with Gasteiger partial charge < -0.3 is 20.1 Å². The average Bonchev–Trinajstić information content (AvgIpc) is 2.43. The quantitative estimate of drug-likeness (QED) is 0.237. The summed E-state index contributed by atoms with van der Waals surface area (Å²) in [6, 6.07) is 4.66. The first-order valence-electron chi connectivity index (χ1n) is 6.80. The maximum atomic E-state index is 11.9. The second-order valence-electron chi connectivity index (χ2n) is 5.45. The van der Waals surface area contributed by atoms with Crippen LogP contribution in [0.25, 0.3) is 0 Å². The third-order valence-electron chi connectivity index (χ3n) is 3.52. The Morgan fingerprint density at radius 3 is 2.95 bits per heavy atom. The van der Waals surface area contributed by atoms with Gasteiger partial charge in [0.1, 0.15) is 18.8 Å². The van der Waals surface area contributed by atoms with E-state index in [9.17, 15) is 9.90 Å². The maximum absolute atomic E-state index is 11.9. The molecule has 0 aromatic heterocycles. The zero-order chi connectivity index (χ0) is 15.3. The molecule has 1 fully saturated rings. The summed E-state index contributed by atoms with van der Waals surface area (Å²) in [6.45, 7) is 3.32. The molecule has 1 saturated heterocycles. The van der Waals surface area contributed by atoms with Crippen LogP contribution in [0.1, 0.15) is 5.56 Å². The summed E-state index contributed by atoms with van der Waals surface area (Å²) >= 11 is 0. The van der Waals surface area contributed by atoms with Crippen LogP contribution in [0.2, 0.25) is 0 Å². The monoisotopic (exact) mass is 293 g/mol. The highest BCUT2D eigenvalue weighted by Crippen LogP contribution is 2.17. The number of nitrogen functional groups attached to an aromatic ring is 1. The molecule has 7 heteroatoms. The van der Waals surface area contributed by atoms with Gasteiger partial charge in [0.2, 0.25) is 0 Å². The number of phenols is 1. The number of nitrogens with one attached hydrogen (secondary N) is 1. The molecule has 7 nitrogen and oxygen atoms in total. The smallest absolute Gasteiger partial charge is 0.295 e. The number of aromatic hydroxyl groups is 1. The largest absolute Gasteiger partial charge is 0.507 e. The predicted octanol–water partition coefficient (Wildman–Crippen LogP) is -0.0987. The van der Waals surface area contributed by atoms with Gasteiger partial charge in [0.25, 0.3) is 5.91 Å². The lowest BCUT2D eigenvalue weighted by atomic mass is 10.2. The van der Waals surface area contributed by atoms with E-state index in [1.54, 1.807) is 12.1 Å². The third-order valence-corrected chi connectivity index (χ3v) is 3.52. The summed E-state index contributed by atoms with van der Waals surface area (Å²) in [5.41, 5.74) is 9.08. The molecule has 0 saturated carbocycles. The van der Waals surface area contributed by atoms with Crippen LogP contribution in [0, 0.1) is 0 Å². The third kappa shape index (κ3) is 4.44. The van der Waals surface area contributed by atoms with Gasteiger partial charge in [0.15, 0.2) is 6.54 Å². The number of nitrogens with two attached hydrogens (primary N) is 1. The summed E-state index contributed by atoms with van der Waals surface area (Å²) in [4.78, 5) is 11.9. The lowest BCUT2D eigenvalue weighted by molar-refractivity contribution is -0.909. The van der Waals surface area contributed by atoms with Crippen molar-refractivity contribution >= 4 is 17.8 Å². The van der Waals surface area contributed by atoms with Gasteiger partial charge >= 0.3 is 0 Å². The Morgan fingerprint density at radius 1 is 1.52 bits per heavy atom. The van der Waals surface area contributed by atoms with Gasteiger partial charge in [-0.2, -0.15) is 5.10 Å². The van der Waals surface area contributed by atoms with E-state index in [2.05, 4.69) is 10.5 Å². The Balaban J connectivity index is 1.88. The molecule has 114 valence electrons. The highest BCUT2D eigenvalue weighted by atomic mass is 16.5. The molecule has 0 radical (unpaired) electrons. The number of phenolic OH excluding ortho intramolecular Hbond substituents is 1. The Bertz CT molecular complexity index is 539. The van der Waals surface area contributed by atoms with Crippen molar-refractivity contribution in [2.75, 3.05) is 45.6 Å². The van der Waals surface area contributed by atoms with Gasteiger partial charge in [-0.25, -0.2) is 5.43 Å². The van der Waals surface area contributed by atoms with Gasteiger partial charge in [-0.3, -0.25) is 4.79 Å². The molecule has 0 bridgehead atoms. The van der Waals surface area contributed by atoms with Crippen molar-refractivity contribution < 1.29 is 19.1 Å². The molecule has 1 aliphatic heterocycles. The number of morpholine rings is 1. The zero-order valence-electron chi connectivity index (χ0n) is 12.1. The number of ether oxygens (including phenoxy) is 1. The molecule has 0 unspecified atom stereocenters. The fourth-order valence-electron chi connectivity index (χ4n) is 2.17. The molecule has 2 rings (SSSR count). The zero-order valence-corrected chi connectivity index (χ0v) is 12.1. The molecule has 1 amide bonds. The van der Waals surface area contributed by atoms with Crippen LogP contribution in [-0.4, -0.2) is 61.6 Å². The van der Waals surface area contributed by atoms with Crippen LogP contribution in [0.5, 0.6) is 5.75 Å². The van der Waals surface area contributed by atoms with Crippen molar-refractivity contribution in [3.63, 3.8) is 0 Å². The van der Waals surface area contributed by atoms with Crippen LogP contribution in [0.15, 0.2) is 23.3 Å². The first-order chi connectivity index (χ1) is 9.98. The first-order valence-corrected chi connectivity index (χ1v) is 6.80. The Hall–Kier alpha value is -2.12. The fourth-order valence-corrected chi connectivity index (χ4v) is 2.17. The van der Waals surface area contributed by atoms with E-state index in [4.69, 9.17) is 10.5 Å². The normalized spacial score (nSPS) is 17.8. The molecule has 1 aromatic carbocycles. The number of anilines is 1. The predicted molar refractivity (Wildman–Crippen MR) is 79.9 cm³/mol. The number of nitrogens with zero attached hydrogens (tertiary/aromatic N) is 2. The molecular weight excluding hydrogens is 272 g/mol. The molecule has 1 aliphatic rings. The van der Waals surface area contributed by atoms with Crippen molar-refractivity contribution in [3.05, 3.63) is 23.8 Å². The number of benzene rings is 1. The number of carbonyl (C=O) groups is 1. The molecule has 1 aromatic rings. The van der Waals surface area contributed by atoms with Gasteiger partial charge in [-0.1, -0.05) is 0 Å². The number of hydrogen-bond acceptors (Lipinski definition) is 5. The molecule has 0 aliphatic carbocycles. The lowest BCUT2D eigenvalue weighted by Crippen LogP contribution is -2.55. The Kier molecular flexibility index (Phi) is 4.77. The maximum Gasteiger partial charge on any atom is 0.295 e. The van der Waals surface area contributed by atoms with Crippen molar-refractivity contribution in [2.45, 2.75) is 0 Å². The van der Waals surface area contributed by atoms with E-state index in [1.807, 2.05) is 7.05 Å². The molecule has 4 N–H and O–H groups in total. The molecule has 21 heavy (non-hydrogen) atoms. The second kappa shape index (κ2) is 6.55. The standard InChI is InChI=1S/C14H20N4O3/c1-18(4-6-21-7-5-18)10-14(20)17-16-9-11-8-12(15)2-3-13(11)19/h2-3,8-9H,4-7,10,15H2,1H3,(H-,16,17,19,20)/p+1. The minimum atomic E-state index is -0.168. The number of quaternary nitrogens is 1. The van der Waals surface area contributed by atoms with E-state index in [1.165, 1.54) is 12.3 Å². The summed E-state index contributed by atoms with van der Waals surface area (Å²) in [5, 5.41) is 13.5. The van der Waals surface area contributed by atoms with Crippen LogP contribution >= 0.6 is 0 Å². The van der Waals surface area contributed by atoms with Crippen molar-refractivity contribution in [1.82, 2.24) is 5.43 Å². The van der Waals surface area contributed by atoms with Crippen molar-refractivity contribution in [3.8, 4) is 5.75 Å². The van der Waals surface area contributed by atoms with E-state index in [0.717, 1.165) is 13.1 Å². The number of amides is 1. The lowest BCUT2D eigenvalue weighted by Gasteiger charge is -2.36. The van der Waals surface area contributed by atoms with Crippen LogP contribution in [0.4, 0.5) is 5.69 Å². The summed E-state index contributed by atoms with van der Waals surface area (Å²) in [6.07, 6.45) is 1.38. The minimum Gasteiger partial charge on any atom is -0.507 e. The molecular formula is C14H21N4O3+. The van der Waals surface area contributed by atoms with Crippen molar-refractivity contribution in [1.29, 1.82) is 0 Å². The SMILES string of the molecule is C[N+]1(CC(=O)N/N=C/c2cc(N)ccc2O)CCOCC1. The van der Waals surface area contributed by atoms with Gasteiger partial charge in [-0.05, 0) is 18.2 Å². The summed E-state index contributed by atoms with van der Waals surface area (Å²) in [7, 11) is 2.02. The minimum absolute atomic E-state index is 0.0642. The summed E-state index contributed by atoms with van der Waals surface area (Å²) < 4.78 is 5.94. The van der Waals surface area contributed by atoms with Crippen LogP contribution in [0.3, 0.4) is 0 Å². The van der Waals surface area contributed by atoms with Crippen LogP contribution < -0.4 is 11.2 Å². The van der Waals surface area contributed by atoms with Crippen LogP contribution in [-0.2, 0) is 9.53 Å². The number of carbonyl (C=O) groups excluding carboxylic acids is 1. The number of hydrogen-bond donors (Lipinski definition) is 3. The Morgan fingerprint density at radius 2 is 2.24 bits per heavy atom. The van der Waals surface area contributed by atoms with Gasteiger partial charge in [0, 0.05) is 11.3 Å². The highest BCUT2D eigenvalue weighted by Gasteiger charge is 2.27. The van der Waals surface area contributed by atoms with E-state index in [-0.39, 0.29) is 11.7 Å². The van der Waals surface area contributed by atoms with E-state index in [0.29, 0.717) is 35.5 Å². The molecule has 0 spiro atoms. The first kappa shape index (κ1) is 15.3. The summed E-state index contributed by atoms with van der Waals surface area (Å²) in [5.74, 6) is -0.103. The fraction of sp³-hybridized carbons (Fsp3) is 0.429. The number of rotatable bonds is 4. The van der Waals surface area contributed by atoms with Gasteiger partial charge in [0.05, 0.1) is 26.5 Å². The molecule has 1 heterocycles. The van der Waals surface area contributed by atoms with Gasteiger partial charge in [-0.15, -0.1) is 0 Å². The van der Waals surface area contributed by atoms with E-state index < -0.39 is 0 Å². The van der Waals surface area contributed by atoms with Crippen molar-refractivity contribution in [2.24, 2.45) is 5.10 Å². The topological polar surface area (TPSA) is 96.9 Å². The number of hydrazone groups is 1. The number of likely N-dealkylation sites (N-methyl/N-ethyl adjacent to an activating group) is 1. The highest BCUT2D eigenvalue weighted by molar-refractivity contribution is 5.86. The second-order valence-corrected chi connectivity index (χ2v) is 5.45. The molecule has 0 atom stereocenters. The average molecular weight is 293 g/mol. The Labute approximate surface area is 123 Å². The van der Waals surface area contributed by atoms with E-state index >= 15 is 0 Å².